The Kier molecular flexibility index (Phi) is 4.74. The summed E-state index contributed by atoms with van der Waals surface area (Å²) in [4.78, 5) is 10.0. The van der Waals surface area contributed by atoms with Crippen LogP contribution in [0.5, 0.6) is 0 Å². The predicted molar refractivity (Wildman–Crippen MR) is 77.0 cm³/mol. The molecule has 20 heavy (non-hydrogen) atoms. The van der Waals surface area contributed by atoms with Gasteiger partial charge in [0, 0.05) is 16.6 Å². The number of rotatable bonds is 4. The van der Waals surface area contributed by atoms with Gasteiger partial charge in [-0.05, 0) is 38.1 Å². The monoisotopic (exact) mass is 363 g/mol. The summed E-state index contributed by atoms with van der Waals surface area (Å²) in [7, 11) is -3.89. The van der Waals surface area contributed by atoms with Gasteiger partial charge in [0.05, 0.1) is 4.92 Å². The van der Waals surface area contributed by atoms with Gasteiger partial charge in [-0.1, -0.05) is 15.9 Å². The molecule has 1 heterocycles. The van der Waals surface area contributed by atoms with Crippen molar-refractivity contribution in [3.05, 3.63) is 32.8 Å². The first kappa shape index (κ1) is 15.4. The standard InChI is InChI=1S/C11H14BrN3O4S/c12-8-1-2-11(10(7-8)15(16)17)20(18,19)14-9-3-5-13-6-4-9/h1-2,7,9,13-14H,3-6H2. The van der Waals surface area contributed by atoms with E-state index in [-0.39, 0.29) is 10.9 Å². The van der Waals surface area contributed by atoms with E-state index in [1.165, 1.54) is 18.2 Å². The number of nitro groups is 1. The highest BCUT2D eigenvalue weighted by Gasteiger charge is 2.28. The predicted octanol–water partition coefficient (Wildman–Crippen LogP) is 1.39. The van der Waals surface area contributed by atoms with Crippen LogP contribution in [-0.2, 0) is 10.0 Å². The number of halogens is 1. The highest BCUT2D eigenvalue weighted by atomic mass is 79.9. The van der Waals surface area contributed by atoms with Crippen LogP contribution < -0.4 is 10.0 Å². The zero-order valence-electron chi connectivity index (χ0n) is 10.5. The molecule has 1 aliphatic heterocycles. The molecule has 0 bridgehead atoms. The molecule has 2 N–H and O–H groups in total. The Morgan fingerprint density at radius 1 is 1.35 bits per heavy atom. The first-order valence-corrected chi connectivity index (χ1v) is 8.35. The van der Waals surface area contributed by atoms with Crippen molar-refractivity contribution >= 4 is 31.6 Å². The molecule has 1 aromatic rings. The number of sulfonamides is 1. The van der Waals surface area contributed by atoms with E-state index in [1.807, 2.05) is 0 Å². The zero-order chi connectivity index (χ0) is 14.8. The first-order chi connectivity index (χ1) is 9.40. The zero-order valence-corrected chi connectivity index (χ0v) is 12.9. The molecule has 1 saturated heterocycles. The van der Waals surface area contributed by atoms with Gasteiger partial charge in [0.25, 0.3) is 5.69 Å². The molecule has 1 aliphatic rings. The number of benzene rings is 1. The smallest absolute Gasteiger partial charge is 0.290 e. The molecule has 2 rings (SSSR count). The fraction of sp³-hybridized carbons (Fsp3) is 0.455. The van der Waals surface area contributed by atoms with E-state index in [0.29, 0.717) is 17.3 Å². The van der Waals surface area contributed by atoms with Crippen LogP contribution in [-0.4, -0.2) is 32.5 Å². The van der Waals surface area contributed by atoms with Crippen molar-refractivity contribution in [2.75, 3.05) is 13.1 Å². The Morgan fingerprint density at radius 2 is 2.00 bits per heavy atom. The lowest BCUT2D eigenvalue weighted by Gasteiger charge is -2.23. The highest BCUT2D eigenvalue weighted by Crippen LogP contribution is 2.27. The first-order valence-electron chi connectivity index (χ1n) is 6.07. The van der Waals surface area contributed by atoms with Crippen LogP contribution in [0.15, 0.2) is 27.6 Å². The van der Waals surface area contributed by atoms with E-state index < -0.39 is 20.6 Å². The van der Waals surface area contributed by atoms with E-state index in [9.17, 15) is 18.5 Å². The third-order valence-corrected chi connectivity index (χ3v) is 5.13. The summed E-state index contributed by atoms with van der Waals surface area (Å²) in [5.74, 6) is 0. The van der Waals surface area contributed by atoms with E-state index in [0.717, 1.165) is 13.1 Å². The Hall–Kier alpha value is -1.03. The Bertz CT molecular complexity index is 614. The van der Waals surface area contributed by atoms with Crippen molar-refractivity contribution in [2.24, 2.45) is 0 Å². The van der Waals surface area contributed by atoms with Crippen LogP contribution in [0.25, 0.3) is 0 Å². The van der Waals surface area contributed by atoms with Crippen molar-refractivity contribution in [1.82, 2.24) is 10.0 Å². The lowest BCUT2D eigenvalue weighted by Crippen LogP contribution is -2.42. The van der Waals surface area contributed by atoms with Gasteiger partial charge in [-0.15, -0.1) is 0 Å². The molecule has 110 valence electrons. The van der Waals surface area contributed by atoms with Crippen molar-refractivity contribution < 1.29 is 13.3 Å². The number of hydrogen-bond donors (Lipinski definition) is 2. The summed E-state index contributed by atoms with van der Waals surface area (Å²) in [5.41, 5.74) is -0.430. The maximum absolute atomic E-state index is 12.3. The molecule has 0 spiro atoms. The maximum Gasteiger partial charge on any atom is 0.290 e. The van der Waals surface area contributed by atoms with Gasteiger partial charge in [-0.3, -0.25) is 10.1 Å². The third-order valence-electron chi connectivity index (χ3n) is 3.07. The van der Waals surface area contributed by atoms with Crippen LogP contribution >= 0.6 is 15.9 Å². The molecule has 0 amide bonds. The van der Waals surface area contributed by atoms with Gasteiger partial charge in [0.2, 0.25) is 10.0 Å². The summed E-state index contributed by atoms with van der Waals surface area (Å²) < 4.78 is 27.6. The van der Waals surface area contributed by atoms with Crippen LogP contribution in [0.1, 0.15) is 12.8 Å². The maximum atomic E-state index is 12.3. The Balaban J connectivity index is 2.31. The van der Waals surface area contributed by atoms with Gasteiger partial charge in [-0.2, -0.15) is 0 Å². The van der Waals surface area contributed by atoms with Gasteiger partial charge in [0.1, 0.15) is 0 Å². The second kappa shape index (κ2) is 6.17. The van der Waals surface area contributed by atoms with Gasteiger partial charge >= 0.3 is 0 Å². The molecule has 1 fully saturated rings. The number of piperidine rings is 1. The van der Waals surface area contributed by atoms with Crippen molar-refractivity contribution in [2.45, 2.75) is 23.8 Å². The molecule has 0 saturated carbocycles. The number of nitrogens with zero attached hydrogens (tertiary/aromatic N) is 1. The van der Waals surface area contributed by atoms with Gasteiger partial charge in [0.15, 0.2) is 4.90 Å². The summed E-state index contributed by atoms with van der Waals surface area (Å²) >= 11 is 3.10. The van der Waals surface area contributed by atoms with Crippen molar-refractivity contribution in [1.29, 1.82) is 0 Å². The lowest BCUT2D eigenvalue weighted by atomic mass is 10.1. The summed E-state index contributed by atoms with van der Waals surface area (Å²) in [5, 5.41) is 14.1. The van der Waals surface area contributed by atoms with Gasteiger partial charge in [-0.25, -0.2) is 13.1 Å². The van der Waals surface area contributed by atoms with Crippen molar-refractivity contribution in [3.63, 3.8) is 0 Å². The van der Waals surface area contributed by atoms with E-state index >= 15 is 0 Å². The number of nitrogens with one attached hydrogen (secondary N) is 2. The van der Waals surface area contributed by atoms with Crippen LogP contribution in [0.4, 0.5) is 5.69 Å². The molecule has 1 aromatic carbocycles. The summed E-state index contributed by atoms with van der Waals surface area (Å²) in [6.45, 7) is 1.46. The molecule has 0 radical (unpaired) electrons. The quantitative estimate of drug-likeness (QED) is 0.621. The minimum Gasteiger partial charge on any atom is -0.317 e. The second-order valence-electron chi connectivity index (χ2n) is 4.51. The van der Waals surface area contributed by atoms with E-state index in [1.54, 1.807) is 0 Å². The average molecular weight is 364 g/mol. The Morgan fingerprint density at radius 3 is 2.60 bits per heavy atom. The minimum absolute atomic E-state index is 0.190. The number of hydrogen-bond acceptors (Lipinski definition) is 5. The Labute approximate surface area is 125 Å². The molecule has 0 atom stereocenters. The fourth-order valence-electron chi connectivity index (χ4n) is 2.08. The average Bonchev–Trinajstić information content (AvgIpc) is 2.38. The normalized spacial score (nSPS) is 17.1. The second-order valence-corrected chi connectivity index (χ2v) is 7.11. The fourth-order valence-corrected chi connectivity index (χ4v) is 3.89. The SMILES string of the molecule is O=[N+]([O-])c1cc(Br)ccc1S(=O)(=O)NC1CCNCC1. The summed E-state index contributed by atoms with van der Waals surface area (Å²) in [6.07, 6.45) is 1.34. The molecule has 0 aliphatic carbocycles. The lowest BCUT2D eigenvalue weighted by molar-refractivity contribution is -0.387. The highest BCUT2D eigenvalue weighted by molar-refractivity contribution is 9.10. The van der Waals surface area contributed by atoms with Crippen molar-refractivity contribution in [3.8, 4) is 0 Å². The molecule has 0 aromatic heterocycles. The largest absolute Gasteiger partial charge is 0.317 e. The van der Waals surface area contributed by atoms with Crippen LogP contribution in [0, 0.1) is 10.1 Å². The minimum atomic E-state index is -3.89. The molecular weight excluding hydrogens is 350 g/mol. The van der Waals surface area contributed by atoms with Crippen LogP contribution in [0.3, 0.4) is 0 Å². The molecular formula is C11H14BrN3O4S. The molecule has 7 nitrogen and oxygen atoms in total. The van der Waals surface area contributed by atoms with E-state index in [4.69, 9.17) is 0 Å². The molecule has 9 heteroatoms. The van der Waals surface area contributed by atoms with Gasteiger partial charge < -0.3 is 5.32 Å². The topological polar surface area (TPSA) is 101 Å². The number of nitro benzene ring substituents is 1. The molecule has 0 unspecified atom stereocenters. The third kappa shape index (κ3) is 3.54. The van der Waals surface area contributed by atoms with E-state index in [2.05, 4.69) is 26.0 Å². The summed E-state index contributed by atoms with van der Waals surface area (Å²) in [6, 6.07) is 3.72. The van der Waals surface area contributed by atoms with Crippen LogP contribution in [0.2, 0.25) is 0 Å².